The number of nitrogens with zero attached hydrogens (tertiary/aromatic N) is 6. The van der Waals surface area contributed by atoms with Crippen molar-refractivity contribution in [2.75, 3.05) is 43.4 Å². The quantitative estimate of drug-likeness (QED) is 0.286. The van der Waals surface area contributed by atoms with E-state index < -0.39 is 10.0 Å². The molecule has 13 heteroatoms. The lowest BCUT2D eigenvalue weighted by Crippen LogP contribution is -2.49. The molecule has 6 rings (SSSR count). The number of nitrogens with two attached hydrogens (primary N) is 1. The van der Waals surface area contributed by atoms with Gasteiger partial charge in [0.2, 0.25) is 15.8 Å². The molecule has 220 valence electrons. The summed E-state index contributed by atoms with van der Waals surface area (Å²) in [5.74, 6) is 0.0499. The summed E-state index contributed by atoms with van der Waals surface area (Å²) in [4.78, 5) is 19.6. The van der Waals surface area contributed by atoms with Gasteiger partial charge >= 0.3 is 5.56 Å². The fourth-order valence-corrected chi connectivity index (χ4v) is 6.71. The first-order chi connectivity index (χ1) is 20.1. The maximum Gasteiger partial charge on any atom is 0.316 e. The van der Waals surface area contributed by atoms with E-state index in [2.05, 4.69) is 17.0 Å². The number of anilines is 2. The molecule has 1 aliphatic heterocycles. The molecule has 1 aliphatic carbocycles. The van der Waals surface area contributed by atoms with Crippen LogP contribution in [-0.4, -0.2) is 64.8 Å². The highest BCUT2D eigenvalue weighted by atomic mass is 35.5. The highest BCUT2D eigenvalue weighted by Crippen LogP contribution is 2.45. The number of imidazole rings is 1. The number of piperazine rings is 1. The molecule has 0 bridgehead atoms. The van der Waals surface area contributed by atoms with Gasteiger partial charge in [-0.05, 0) is 48.7 Å². The predicted octanol–water partition coefficient (Wildman–Crippen LogP) is 3.48. The van der Waals surface area contributed by atoms with E-state index in [4.69, 9.17) is 22.1 Å². The van der Waals surface area contributed by atoms with Gasteiger partial charge in [0.15, 0.2) is 0 Å². The Morgan fingerprint density at radius 2 is 1.86 bits per heavy atom. The number of sulfonamides is 1. The second-order valence-corrected chi connectivity index (χ2v) is 13.6. The van der Waals surface area contributed by atoms with E-state index in [1.807, 2.05) is 4.90 Å². The van der Waals surface area contributed by atoms with Crippen molar-refractivity contribution in [2.45, 2.75) is 25.5 Å². The first kappa shape index (κ1) is 28.3. The van der Waals surface area contributed by atoms with Crippen LogP contribution in [0.5, 0.6) is 5.75 Å². The Labute approximate surface area is 249 Å². The zero-order chi connectivity index (χ0) is 29.5. The summed E-state index contributed by atoms with van der Waals surface area (Å²) in [6.07, 6.45) is 8.77. The SMILES string of the molecule is CC1(COc2c(N3CCN(S(=O)(=O)Cc4ccc(-n5ccnc5)c(N)c4)CC3)cnn(-c3cccc(Cl)c3)c2=O)CC1. The number of hydrogen-bond acceptors (Lipinski definition) is 8. The normalized spacial score (nSPS) is 16.9. The van der Waals surface area contributed by atoms with Gasteiger partial charge in [0.25, 0.3) is 0 Å². The van der Waals surface area contributed by atoms with Gasteiger partial charge in [-0.2, -0.15) is 14.1 Å². The van der Waals surface area contributed by atoms with Gasteiger partial charge in [0, 0.05) is 49.0 Å². The molecular formula is C29H32ClN7O4S. The lowest BCUT2D eigenvalue weighted by atomic mass is 10.2. The summed E-state index contributed by atoms with van der Waals surface area (Å²) >= 11 is 6.16. The molecule has 0 atom stereocenters. The standard InChI is InChI=1S/C29H32ClN7O4S/c1-29(7-8-29)19-41-27-26(17-33-37(28(27)38)23-4-2-3-22(30)16-23)34-11-13-36(14-12-34)42(39,40)18-21-5-6-25(24(31)15-21)35-10-9-32-20-35/h2-6,9-10,15-17,20H,7-8,11-14,18-19,31H2,1H3. The predicted molar refractivity (Wildman–Crippen MR) is 162 cm³/mol. The van der Waals surface area contributed by atoms with Gasteiger partial charge in [0.05, 0.1) is 41.9 Å². The van der Waals surface area contributed by atoms with Crippen molar-refractivity contribution in [3.8, 4) is 17.1 Å². The fraction of sp³-hybridized carbons (Fsp3) is 0.345. The van der Waals surface area contributed by atoms with Crippen LogP contribution in [0, 0.1) is 5.41 Å². The van der Waals surface area contributed by atoms with Crippen molar-refractivity contribution in [2.24, 2.45) is 5.41 Å². The van der Waals surface area contributed by atoms with Crippen LogP contribution in [0.4, 0.5) is 11.4 Å². The smallest absolute Gasteiger partial charge is 0.316 e. The van der Waals surface area contributed by atoms with Crippen molar-refractivity contribution >= 4 is 33.0 Å². The minimum Gasteiger partial charge on any atom is -0.486 e. The molecule has 2 aliphatic rings. The topological polar surface area (TPSA) is 129 Å². The number of aromatic nitrogens is 4. The molecule has 11 nitrogen and oxygen atoms in total. The number of halogens is 1. The largest absolute Gasteiger partial charge is 0.486 e. The average Bonchev–Trinajstić information content (AvgIpc) is 3.45. The van der Waals surface area contributed by atoms with Crippen LogP contribution in [0.2, 0.25) is 5.02 Å². The lowest BCUT2D eigenvalue weighted by molar-refractivity contribution is 0.242. The van der Waals surface area contributed by atoms with Crippen molar-refractivity contribution < 1.29 is 13.2 Å². The van der Waals surface area contributed by atoms with Crippen LogP contribution in [-0.2, 0) is 15.8 Å². The van der Waals surface area contributed by atoms with Crippen molar-refractivity contribution in [1.29, 1.82) is 0 Å². The third-order valence-electron chi connectivity index (χ3n) is 7.83. The van der Waals surface area contributed by atoms with Crippen molar-refractivity contribution in [3.05, 3.63) is 88.3 Å². The Hall–Kier alpha value is -3.87. The maximum absolute atomic E-state index is 13.6. The molecule has 1 saturated carbocycles. The van der Waals surface area contributed by atoms with Gasteiger partial charge in [-0.15, -0.1) is 0 Å². The van der Waals surface area contributed by atoms with Gasteiger partial charge in [-0.3, -0.25) is 4.79 Å². The third kappa shape index (κ3) is 5.87. The van der Waals surface area contributed by atoms with E-state index >= 15 is 0 Å². The second-order valence-electron chi connectivity index (χ2n) is 11.2. The molecule has 2 fully saturated rings. The molecule has 4 aromatic rings. The van der Waals surface area contributed by atoms with E-state index in [9.17, 15) is 13.2 Å². The van der Waals surface area contributed by atoms with Crippen LogP contribution in [0.1, 0.15) is 25.3 Å². The summed E-state index contributed by atoms with van der Waals surface area (Å²) in [6, 6.07) is 12.2. The zero-order valence-corrected chi connectivity index (χ0v) is 24.8. The van der Waals surface area contributed by atoms with Gasteiger partial charge in [0.1, 0.15) is 5.69 Å². The number of hydrogen-bond donors (Lipinski definition) is 1. The third-order valence-corrected chi connectivity index (χ3v) is 9.92. The van der Waals surface area contributed by atoms with E-state index in [-0.39, 0.29) is 35.6 Å². The van der Waals surface area contributed by atoms with Crippen LogP contribution >= 0.6 is 11.6 Å². The number of rotatable bonds is 9. The molecule has 2 aromatic carbocycles. The number of ether oxygens (including phenoxy) is 1. The molecule has 2 aromatic heterocycles. The van der Waals surface area contributed by atoms with Crippen LogP contribution in [0.25, 0.3) is 11.4 Å². The lowest BCUT2D eigenvalue weighted by Gasteiger charge is -2.35. The Kier molecular flexibility index (Phi) is 7.46. The molecule has 0 spiro atoms. The Balaban J connectivity index is 1.19. The van der Waals surface area contributed by atoms with Crippen molar-refractivity contribution in [3.63, 3.8) is 0 Å². The van der Waals surface area contributed by atoms with E-state index in [1.165, 1.54) is 8.99 Å². The number of benzene rings is 2. The summed E-state index contributed by atoms with van der Waals surface area (Å²) in [6.45, 7) is 3.85. The van der Waals surface area contributed by atoms with E-state index in [0.29, 0.717) is 47.3 Å². The van der Waals surface area contributed by atoms with Crippen molar-refractivity contribution in [1.82, 2.24) is 23.6 Å². The second kappa shape index (κ2) is 11.1. The van der Waals surface area contributed by atoms with Crippen LogP contribution in [0.3, 0.4) is 0 Å². The summed E-state index contributed by atoms with van der Waals surface area (Å²) < 4.78 is 37.4. The van der Waals surface area contributed by atoms with Crippen LogP contribution in [0.15, 0.2) is 72.2 Å². The first-order valence-corrected chi connectivity index (χ1v) is 15.7. The highest BCUT2D eigenvalue weighted by molar-refractivity contribution is 7.88. The summed E-state index contributed by atoms with van der Waals surface area (Å²) in [7, 11) is -3.61. The van der Waals surface area contributed by atoms with E-state index in [1.54, 1.807) is 71.9 Å². The van der Waals surface area contributed by atoms with Gasteiger partial charge in [-0.1, -0.05) is 30.7 Å². The highest BCUT2D eigenvalue weighted by Gasteiger charge is 2.39. The zero-order valence-electron chi connectivity index (χ0n) is 23.2. The summed E-state index contributed by atoms with van der Waals surface area (Å²) in [5, 5.41) is 4.91. The molecule has 0 unspecified atom stereocenters. The van der Waals surface area contributed by atoms with Crippen LogP contribution < -0.4 is 20.9 Å². The fourth-order valence-electron chi connectivity index (χ4n) is 5.03. The van der Waals surface area contributed by atoms with E-state index in [0.717, 1.165) is 18.5 Å². The Morgan fingerprint density at radius 3 is 2.52 bits per heavy atom. The minimum absolute atomic E-state index is 0.0566. The molecule has 3 heterocycles. The van der Waals surface area contributed by atoms with Gasteiger partial charge in [-0.25, -0.2) is 13.4 Å². The minimum atomic E-state index is -3.61. The molecular weight excluding hydrogens is 578 g/mol. The molecule has 0 radical (unpaired) electrons. The average molecular weight is 610 g/mol. The number of nitrogen functional groups attached to an aromatic ring is 1. The first-order valence-electron chi connectivity index (χ1n) is 13.7. The summed E-state index contributed by atoms with van der Waals surface area (Å²) in [5.41, 5.74) is 8.80. The molecule has 42 heavy (non-hydrogen) atoms. The maximum atomic E-state index is 13.6. The molecule has 2 N–H and O–H groups in total. The van der Waals surface area contributed by atoms with Gasteiger partial charge < -0.3 is 19.9 Å². The Bertz CT molecular complexity index is 1760. The molecule has 1 saturated heterocycles. The monoisotopic (exact) mass is 609 g/mol. The Morgan fingerprint density at radius 1 is 1.07 bits per heavy atom. The molecule has 0 amide bonds.